The van der Waals surface area contributed by atoms with E-state index in [0.29, 0.717) is 0 Å². The molecule has 0 bridgehead atoms. The molecule has 62 valence electrons. The van der Waals surface area contributed by atoms with E-state index in [4.69, 9.17) is 5.73 Å². The van der Waals surface area contributed by atoms with Gasteiger partial charge in [-0.3, -0.25) is 0 Å². The van der Waals surface area contributed by atoms with E-state index < -0.39 is 0 Å². The predicted octanol–water partition coefficient (Wildman–Crippen LogP) is -1.35. The molecule has 0 aliphatic carbocycles. The molecule has 0 saturated heterocycles. The predicted molar refractivity (Wildman–Crippen MR) is 43.6 cm³/mol. The molecule has 0 radical (unpaired) electrons. The fourth-order valence-corrected chi connectivity index (χ4v) is 0.725. The highest BCUT2D eigenvalue weighted by Crippen LogP contribution is 1.97. The lowest BCUT2D eigenvalue weighted by Gasteiger charge is -2.34. The van der Waals surface area contributed by atoms with Gasteiger partial charge in [0, 0.05) is 0 Å². The van der Waals surface area contributed by atoms with Crippen molar-refractivity contribution in [3.05, 3.63) is 0 Å². The van der Waals surface area contributed by atoms with Crippen LogP contribution in [0.3, 0.4) is 0 Å². The molecule has 5 N–H and O–H groups in total. The lowest BCUT2D eigenvalue weighted by molar-refractivity contribution is 0.242. The summed E-state index contributed by atoms with van der Waals surface area (Å²) in [4.78, 5) is 0. The molecule has 0 spiro atoms. The summed E-state index contributed by atoms with van der Waals surface area (Å²) in [6.07, 6.45) is -0.0949. The van der Waals surface area contributed by atoms with Crippen molar-refractivity contribution >= 4 is 0 Å². The molecule has 0 aromatic rings. The summed E-state index contributed by atoms with van der Waals surface area (Å²) in [7, 11) is 5.57. The Kier molecular flexibility index (Phi) is 3.81. The molecule has 0 unspecified atom stereocenters. The van der Waals surface area contributed by atoms with Crippen LogP contribution >= 0.6 is 0 Å². The second kappa shape index (κ2) is 3.88. The Bertz CT molecular complexity index is 89.7. The van der Waals surface area contributed by atoms with E-state index in [9.17, 15) is 0 Å². The maximum Gasteiger partial charge on any atom is 0.0944 e. The van der Waals surface area contributed by atoms with Gasteiger partial charge in [0.15, 0.2) is 0 Å². The Morgan fingerprint density at radius 2 is 1.60 bits per heavy atom. The topological polar surface area (TPSA) is 62.1 Å². The van der Waals surface area contributed by atoms with Crippen LogP contribution < -0.4 is 21.7 Å². The van der Waals surface area contributed by atoms with Crippen LogP contribution in [0.25, 0.3) is 0 Å². The SMILES string of the molecule is CN[C@H](N)C(C)(NC)NC. The van der Waals surface area contributed by atoms with Gasteiger partial charge in [0.25, 0.3) is 0 Å². The van der Waals surface area contributed by atoms with Gasteiger partial charge in [-0.15, -0.1) is 0 Å². The van der Waals surface area contributed by atoms with Crippen LogP contribution in [0.4, 0.5) is 0 Å². The number of hydrogen-bond acceptors (Lipinski definition) is 4. The lowest BCUT2D eigenvalue weighted by atomic mass is 10.1. The molecular formula is C6H18N4. The third-order valence-corrected chi connectivity index (χ3v) is 1.97. The van der Waals surface area contributed by atoms with Gasteiger partial charge in [-0.25, -0.2) is 0 Å². The van der Waals surface area contributed by atoms with Crippen LogP contribution in [0.1, 0.15) is 6.92 Å². The smallest absolute Gasteiger partial charge is 0.0944 e. The van der Waals surface area contributed by atoms with Crippen molar-refractivity contribution in [1.29, 1.82) is 0 Å². The van der Waals surface area contributed by atoms with E-state index in [1.807, 2.05) is 28.1 Å². The Morgan fingerprint density at radius 1 is 1.20 bits per heavy atom. The Labute approximate surface area is 62.6 Å². The summed E-state index contributed by atoms with van der Waals surface area (Å²) < 4.78 is 0. The average Bonchev–Trinajstić information content (AvgIpc) is 2.01. The molecule has 0 aromatic carbocycles. The van der Waals surface area contributed by atoms with E-state index in [1.165, 1.54) is 0 Å². The van der Waals surface area contributed by atoms with Gasteiger partial charge in [0.1, 0.15) is 0 Å². The third-order valence-electron chi connectivity index (χ3n) is 1.97. The standard InChI is InChI=1S/C6H18N4/c1-6(9-3,10-4)5(7)8-2/h5,8-10H,7H2,1-4H3/t5-/m0/s1. The fraction of sp³-hybridized carbons (Fsp3) is 1.00. The molecule has 4 heteroatoms. The first kappa shape index (κ1) is 9.84. The second-order valence-corrected chi connectivity index (χ2v) is 2.47. The molecule has 1 atom stereocenters. The first-order valence-corrected chi connectivity index (χ1v) is 3.41. The number of nitrogens with two attached hydrogens (primary N) is 1. The van der Waals surface area contributed by atoms with Gasteiger partial charge in [-0.05, 0) is 28.1 Å². The Morgan fingerprint density at radius 3 is 1.70 bits per heavy atom. The molecule has 0 fully saturated rings. The zero-order valence-electron chi connectivity index (χ0n) is 7.15. The summed E-state index contributed by atoms with van der Waals surface area (Å²) in [5, 5.41) is 9.12. The fourth-order valence-electron chi connectivity index (χ4n) is 0.725. The van der Waals surface area contributed by atoms with Crippen LogP contribution in [-0.4, -0.2) is 33.0 Å². The minimum Gasteiger partial charge on any atom is -0.313 e. The first-order chi connectivity index (χ1) is 4.60. The second-order valence-electron chi connectivity index (χ2n) is 2.47. The number of rotatable bonds is 4. The van der Waals surface area contributed by atoms with Crippen molar-refractivity contribution in [1.82, 2.24) is 16.0 Å². The van der Waals surface area contributed by atoms with E-state index >= 15 is 0 Å². The van der Waals surface area contributed by atoms with Crippen molar-refractivity contribution in [2.24, 2.45) is 5.73 Å². The minimum atomic E-state index is -0.241. The zero-order valence-corrected chi connectivity index (χ0v) is 7.15. The molecule has 0 rings (SSSR count). The maximum absolute atomic E-state index is 5.74. The largest absolute Gasteiger partial charge is 0.313 e. The average molecular weight is 146 g/mol. The van der Waals surface area contributed by atoms with Gasteiger partial charge in [0.2, 0.25) is 0 Å². The molecule has 4 nitrogen and oxygen atoms in total. The molecule has 0 aromatic heterocycles. The van der Waals surface area contributed by atoms with Gasteiger partial charge < -0.3 is 21.7 Å². The summed E-state index contributed by atoms with van der Waals surface area (Å²) in [5.74, 6) is 0. The number of nitrogens with one attached hydrogen (secondary N) is 3. The normalized spacial score (nSPS) is 15.3. The summed E-state index contributed by atoms with van der Waals surface area (Å²) in [5.41, 5.74) is 5.50. The molecular weight excluding hydrogens is 128 g/mol. The summed E-state index contributed by atoms with van der Waals surface area (Å²) in [6, 6.07) is 0. The Balaban J connectivity index is 4.02. The van der Waals surface area contributed by atoms with Crippen molar-refractivity contribution in [2.45, 2.75) is 18.8 Å². The van der Waals surface area contributed by atoms with E-state index in [2.05, 4.69) is 16.0 Å². The Hall–Kier alpha value is -0.160. The molecule has 0 aliphatic rings. The molecule has 0 saturated carbocycles. The van der Waals surface area contributed by atoms with Gasteiger partial charge >= 0.3 is 0 Å². The van der Waals surface area contributed by atoms with E-state index in [0.717, 1.165) is 0 Å². The molecule has 0 heterocycles. The lowest BCUT2D eigenvalue weighted by Crippen LogP contribution is -2.67. The van der Waals surface area contributed by atoms with Crippen LogP contribution in [0.5, 0.6) is 0 Å². The van der Waals surface area contributed by atoms with Crippen molar-refractivity contribution in [3.63, 3.8) is 0 Å². The molecule has 0 amide bonds. The van der Waals surface area contributed by atoms with Crippen LogP contribution in [-0.2, 0) is 0 Å². The highest BCUT2D eigenvalue weighted by Gasteiger charge is 2.25. The van der Waals surface area contributed by atoms with Crippen molar-refractivity contribution in [2.75, 3.05) is 21.1 Å². The van der Waals surface area contributed by atoms with Crippen molar-refractivity contribution in [3.8, 4) is 0 Å². The van der Waals surface area contributed by atoms with E-state index in [1.54, 1.807) is 0 Å². The summed E-state index contributed by atoms with van der Waals surface area (Å²) in [6.45, 7) is 1.99. The maximum atomic E-state index is 5.74. The van der Waals surface area contributed by atoms with Crippen molar-refractivity contribution < 1.29 is 0 Å². The zero-order chi connectivity index (χ0) is 8.20. The third kappa shape index (κ3) is 1.91. The highest BCUT2D eigenvalue weighted by molar-refractivity contribution is 4.85. The number of hydrogen-bond donors (Lipinski definition) is 4. The van der Waals surface area contributed by atoms with Gasteiger partial charge in [0.05, 0.1) is 11.8 Å². The molecule has 0 aliphatic heterocycles. The van der Waals surface area contributed by atoms with E-state index in [-0.39, 0.29) is 11.8 Å². The van der Waals surface area contributed by atoms with Gasteiger partial charge in [-0.1, -0.05) is 0 Å². The molecule has 10 heavy (non-hydrogen) atoms. The highest BCUT2D eigenvalue weighted by atomic mass is 15.2. The monoisotopic (exact) mass is 146 g/mol. The quantitative estimate of drug-likeness (QED) is 0.370. The van der Waals surface area contributed by atoms with Crippen LogP contribution in [0.2, 0.25) is 0 Å². The first-order valence-electron chi connectivity index (χ1n) is 3.41. The minimum absolute atomic E-state index is 0.0949. The van der Waals surface area contributed by atoms with Crippen LogP contribution in [0.15, 0.2) is 0 Å². The summed E-state index contributed by atoms with van der Waals surface area (Å²) >= 11 is 0. The van der Waals surface area contributed by atoms with Crippen LogP contribution in [0, 0.1) is 0 Å². The van der Waals surface area contributed by atoms with Gasteiger partial charge in [-0.2, -0.15) is 0 Å². The number of likely N-dealkylation sites (N-methyl/N-ethyl adjacent to an activating group) is 3.